The van der Waals surface area contributed by atoms with Crippen LogP contribution < -0.4 is 5.32 Å². The maximum absolute atomic E-state index is 5.29. The Hall–Kier alpha value is -0.870. The first-order chi connectivity index (χ1) is 7.19. The van der Waals surface area contributed by atoms with E-state index in [2.05, 4.69) is 28.7 Å². The van der Waals surface area contributed by atoms with Crippen molar-refractivity contribution in [1.29, 1.82) is 0 Å². The van der Waals surface area contributed by atoms with Crippen LogP contribution in [0.3, 0.4) is 0 Å². The molecule has 0 amide bonds. The van der Waals surface area contributed by atoms with Crippen LogP contribution in [0, 0.1) is 0 Å². The molecule has 0 fully saturated rings. The number of aryl methyl sites for hydroxylation is 1. The fourth-order valence-corrected chi connectivity index (χ4v) is 1.67. The van der Waals surface area contributed by atoms with Crippen LogP contribution in [-0.2, 0) is 11.8 Å². The number of rotatable bonds is 6. The molecule has 2 atom stereocenters. The van der Waals surface area contributed by atoms with Gasteiger partial charge < -0.3 is 14.6 Å². The third kappa shape index (κ3) is 3.32. The van der Waals surface area contributed by atoms with E-state index in [9.17, 15) is 0 Å². The number of aromatic nitrogens is 2. The largest absolute Gasteiger partial charge is 0.382 e. The van der Waals surface area contributed by atoms with Crippen molar-refractivity contribution in [2.75, 3.05) is 13.7 Å². The van der Waals surface area contributed by atoms with Gasteiger partial charge in [-0.1, -0.05) is 6.92 Å². The second kappa shape index (κ2) is 5.88. The Kier molecular flexibility index (Phi) is 4.78. The molecule has 0 bridgehead atoms. The first-order valence-corrected chi connectivity index (χ1v) is 5.42. The van der Waals surface area contributed by atoms with Crippen molar-refractivity contribution < 1.29 is 4.74 Å². The lowest BCUT2D eigenvalue weighted by atomic mass is 10.1. The Morgan fingerprint density at radius 2 is 2.33 bits per heavy atom. The van der Waals surface area contributed by atoms with Crippen molar-refractivity contribution in [1.82, 2.24) is 14.9 Å². The molecule has 0 saturated heterocycles. The first-order valence-electron chi connectivity index (χ1n) is 5.42. The van der Waals surface area contributed by atoms with Crippen LogP contribution in [0.15, 0.2) is 12.4 Å². The number of nitrogens with one attached hydrogen (secondary N) is 1. The van der Waals surface area contributed by atoms with Crippen LogP contribution >= 0.6 is 0 Å². The van der Waals surface area contributed by atoms with Gasteiger partial charge in [-0.15, -0.1) is 0 Å². The number of imidazole rings is 1. The lowest BCUT2D eigenvalue weighted by Gasteiger charge is -2.20. The number of hydrogen-bond acceptors (Lipinski definition) is 3. The van der Waals surface area contributed by atoms with Crippen LogP contribution in [-0.4, -0.2) is 29.3 Å². The van der Waals surface area contributed by atoms with Gasteiger partial charge in [0, 0.05) is 26.6 Å². The SMILES string of the molecule is CCNC(CC(C)OC)c1nccn1C. The lowest BCUT2D eigenvalue weighted by Crippen LogP contribution is -2.27. The summed E-state index contributed by atoms with van der Waals surface area (Å²) >= 11 is 0. The highest BCUT2D eigenvalue weighted by molar-refractivity contribution is 4.99. The third-order valence-corrected chi connectivity index (χ3v) is 2.59. The summed E-state index contributed by atoms with van der Waals surface area (Å²) in [5.74, 6) is 1.07. The van der Waals surface area contributed by atoms with Gasteiger partial charge in [0.1, 0.15) is 5.82 Å². The Morgan fingerprint density at radius 1 is 1.60 bits per heavy atom. The molecule has 86 valence electrons. The Labute approximate surface area is 91.7 Å². The highest BCUT2D eigenvalue weighted by Crippen LogP contribution is 2.17. The topological polar surface area (TPSA) is 39.1 Å². The predicted octanol–water partition coefficient (Wildman–Crippen LogP) is 1.50. The third-order valence-electron chi connectivity index (χ3n) is 2.59. The van der Waals surface area contributed by atoms with Gasteiger partial charge in [-0.2, -0.15) is 0 Å². The van der Waals surface area contributed by atoms with Crippen molar-refractivity contribution in [2.45, 2.75) is 32.4 Å². The van der Waals surface area contributed by atoms with Crippen molar-refractivity contribution in [2.24, 2.45) is 7.05 Å². The molecule has 0 radical (unpaired) electrons. The van der Waals surface area contributed by atoms with E-state index in [-0.39, 0.29) is 12.1 Å². The summed E-state index contributed by atoms with van der Waals surface area (Å²) in [7, 11) is 3.76. The van der Waals surface area contributed by atoms with Crippen LogP contribution in [0.2, 0.25) is 0 Å². The van der Waals surface area contributed by atoms with Gasteiger partial charge in [-0.25, -0.2) is 4.98 Å². The van der Waals surface area contributed by atoms with Crippen molar-refractivity contribution in [3.05, 3.63) is 18.2 Å². The highest BCUT2D eigenvalue weighted by atomic mass is 16.5. The number of methoxy groups -OCH3 is 1. The summed E-state index contributed by atoms with van der Waals surface area (Å²) < 4.78 is 7.34. The Balaban J connectivity index is 2.69. The average Bonchev–Trinajstić information content (AvgIpc) is 2.63. The maximum atomic E-state index is 5.29. The summed E-state index contributed by atoms with van der Waals surface area (Å²) in [6.45, 7) is 5.12. The molecule has 4 nitrogen and oxygen atoms in total. The second-order valence-corrected chi connectivity index (χ2v) is 3.79. The van der Waals surface area contributed by atoms with Gasteiger partial charge in [-0.3, -0.25) is 0 Å². The van der Waals surface area contributed by atoms with Gasteiger partial charge in [0.2, 0.25) is 0 Å². The standard InChI is InChI=1S/C11H21N3O/c1-5-12-10(8-9(2)15-4)11-13-6-7-14(11)3/h6-7,9-10,12H,5,8H2,1-4H3. The van der Waals surface area contributed by atoms with Gasteiger partial charge >= 0.3 is 0 Å². The molecule has 15 heavy (non-hydrogen) atoms. The minimum absolute atomic E-state index is 0.241. The second-order valence-electron chi connectivity index (χ2n) is 3.79. The molecule has 4 heteroatoms. The van der Waals surface area contributed by atoms with Gasteiger partial charge in [0.05, 0.1) is 12.1 Å². The summed E-state index contributed by atoms with van der Waals surface area (Å²) in [5.41, 5.74) is 0. The summed E-state index contributed by atoms with van der Waals surface area (Å²) in [5, 5.41) is 3.43. The fourth-order valence-electron chi connectivity index (χ4n) is 1.67. The molecule has 0 aliphatic carbocycles. The summed E-state index contributed by atoms with van der Waals surface area (Å²) in [6.07, 6.45) is 4.98. The number of nitrogens with zero attached hydrogens (tertiary/aromatic N) is 2. The maximum Gasteiger partial charge on any atom is 0.125 e. The molecule has 1 rings (SSSR count). The van der Waals surface area contributed by atoms with E-state index in [0.717, 1.165) is 18.8 Å². The van der Waals surface area contributed by atoms with E-state index >= 15 is 0 Å². The highest BCUT2D eigenvalue weighted by Gasteiger charge is 2.17. The quantitative estimate of drug-likeness (QED) is 0.775. The molecule has 1 heterocycles. The molecular weight excluding hydrogens is 190 g/mol. The van der Waals surface area contributed by atoms with E-state index < -0.39 is 0 Å². The molecule has 2 unspecified atom stereocenters. The minimum Gasteiger partial charge on any atom is -0.382 e. The molecule has 0 spiro atoms. The van der Waals surface area contributed by atoms with E-state index in [0.29, 0.717) is 0 Å². The molecule has 1 aromatic rings. The lowest BCUT2D eigenvalue weighted by molar-refractivity contribution is 0.0992. The van der Waals surface area contributed by atoms with Crippen LogP contribution in [0.5, 0.6) is 0 Å². The Bertz CT molecular complexity index is 285. The van der Waals surface area contributed by atoms with Crippen molar-refractivity contribution >= 4 is 0 Å². The average molecular weight is 211 g/mol. The van der Waals surface area contributed by atoms with Crippen LogP contribution in [0.25, 0.3) is 0 Å². The van der Waals surface area contributed by atoms with Crippen molar-refractivity contribution in [3.8, 4) is 0 Å². The number of ether oxygens (including phenoxy) is 1. The minimum atomic E-state index is 0.241. The smallest absolute Gasteiger partial charge is 0.125 e. The van der Waals surface area contributed by atoms with E-state index in [1.165, 1.54) is 0 Å². The summed E-state index contributed by atoms with van der Waals surface area (Å²) in [4.78, 5) is 4.37. The van der Waals surface area contributed by atoms with Gasteiger partial charge in [-0.05, 0) is 19.9 Å². The van der Waals surface area contributed by atoms with E-state index in [4.69, 9.17) is 4.74 Å². The number of hydrogen-bond donors (Lipinski definition) is 1. The van der Waals surface area contributed by atoms with Crippen LogP contribution in [0.1, 0.15) is 32.1 Å². The zero-order valence-corrected chi connectivity index (χ0v) is 10.0. The molecule has 1 aromatic heterocycles. The first kappa shape index (κ1) is 12.2. The molecule has 0 aliphatic rings. The molecular formula is C11H21N3O. The monoisotopic (exact) mass is 211 g/mol. The predicted molar refractivity (Wildman–Crippen MR) is 60.7 cm³/mol. The fraction of sp³-hybridized carbons (Fsp3) is 0.727. The molecule has 0 saturated carbocycles. The zero-order valence-electron chi connectivity index (χ0n) is 10.0. The van der Waals surface area contributed by atoms with Gasteiger partial charge in [0.25, 0.3) is 0 Å². The Morgan fingerprint density at radius 3 is 2.80 bits per heavy atom. The summed E-state index contributed by atoms with van der Waals surface area (Å²) in [6, 6.07) is 0.268. The molecule has 0 aromatic carbocycles. The zero-order chi connectivity index (χ0) is 11.3. The van der Waals surface area contributed by atoms with Crippen molar-refractivity contribution in [3.63, 3.8) is 0 Å². The van der Waals surface area contributed by atoms with Gasteiger partial charge in [0.15, 0.2) is 0 Å². The van der Waals surface area contributed by atoms with E-state index in [1.807, 2.05) is 19.4 Å². The molecule has 0 aliphatic heterocycles. The van der Waals surface area contributed by atoms with E-state index in [1.54, 1.807) is 7.11 Å². The van der Waals surface area contributed by atoms with Crippen LogP contribution in [0.4, 0.5) is 0 Å². The normalized spacial score (nSPS) is 15.2. The molecule has 1 N–H and O–H groups in total.